The van der Waals surface area contributed by atoms with Crippen LogP contribution < -0.4 is 0 Å². The van der Waals surface area contributed by atoms with Gasteiger partial charge in [0.25, 0.3) is 0 Å². The lowest BCUT2D eigenvalue weighted by atomic mass is 10.4. The molecule has 0 aromatic carbocycles. The molecular formula is C4H4Cl2O2. The van der Waals surface area contributed by atoms with Crippen molar-refractivity contribution in [2.75, 3.05) is 0 Å². The molecule has 0 amide bonds. The number of rotatable bonds is 2. The highest BCUT2D eigenvalue weighted by Crippen LogP contribution is 2.07. The zero-order valence-corrected chi connectivity index (χ0v) is 5.41. The second-order valence-electron chi connectivity index (χ2n) is 1.13. The number of carboxylic acids is 1. The van der Waals surface area contributed by atoms with E-state index in [1.807, 2.05) is 0 Å². The lowest BCUT2D eigenvalue weighted by Crippen LogP contribution is -1.92. The molecule has 4 heteroatoms. The van der Waals surface area contributed by atoms with Crippen molar-refractivity contribution in [2.24, 2.45) is 0 Å². The molecule has 0 aliphatic carbocycles. The largest absolute Gasteiger partial charge is 0.481 e. The molecule has 0 saturated carbocycles. The average molecular weight is 155 g/mol. The Balaban J connectivity index is 3.56. The Kier molecular flexibility index (Phi) is 3.65. The van der Waals surface area contributed by atoms with Gasteiger partial charge >= 0.3 is 5.97 Å². The third-order valence-electron chi connectivity index (χ3n) is 0.438. The quantitative estimate of drug-likeness (QED) is 0.659. The predicted octanol–water partition coefficient (Wildman–Crippen LogP) is 1.78. The van der Waals surface area contributed by atoms with Crippen LogP contribution in [-0.4, -0.2) is 11.1 Å². The third-order valence-corrected chi connectivity index (χ3v) is 1.06. The summed E-state index contributed by atoms with van der Waals surface area (Å²) in [7, 11) is 0. The Bertz CT molecular complexity index is 119. The lowest BCUT2D eigenvalue weighted by molar-refractivity contribution is -0.136. The Morgan fingerprint density at radius 3 is 2.38 bits per heavy atom. The summed E-state index contributed by atoms with van der Waals surface area (Å²) in [6.07, 6.45) is -0.203. The second kappa shape index (κ2) is 3.75. The van der Waals surface area contributed by atoms with E-state index >= 15 is 0 Å². The molecule has 2 nitrogen and oxygen atoms in total. The Morgan fingerprint density at radius 2 is 2.25 bits per heavy atom. The van der Waals surface area contributed by atoms with Crippen LogP contribution in [-0.2, 0) is 4.79 Å². The minimum atomic E-state index is -0.980. The van der Waals surface area contributed by atoms with Crippen LogP contribution in [0.15, 0.2) is 10.6 Å². The van der Waals surface area contributed by atoms with Gasteiger partial charge in [-0.1, -0.05) is 23.2 Å². The maximum absolute atomic E-state index is 9.78. The van der Waals surface area contributed by atoms with Gasteiger partial charge in [-0.05, 0) is 0 Å². The van der Waals surface area contributed by atoms with Crippen LogP contribution in [0.2, 0.25) is 0 Å². The van der Waals surface area contributed by atoms with Crippen molar-refractivity contribution >= 4 is 29.2 Å². The van der Waals surface area contributed by atoms with Gasteiger partial charge in [-0.3, -0.25) is 4.79 Å². The van der Waals surface area contributed by atoms with Gasteiger partial charge in [0.1, 0.15) is 0 Å². The summed E-state index contributed by atoms with van der Waals surface area (Å²) in [5.41, 5.74) is 1.04. The molecule has 0 aromatic heterocycles. The Morgan fingerprint density at radius 1 is 1.75 bits per heavy atom. The zero-order chi connectivity index (χ0) is 6.57. The van der Waals surface area contributed by atoms with Crippen molar-refractivity contribution in [3.63, 3.8) is 0 Å². The van der Waals surface area contributed by atoms with E-state index in [1.165, 1.54) is 0 Å². The van der Waals surface area contributed by atoms with Gasteiger partial charge < -0.3 is 5.11 Å². The standard InChI is InChI=1S/C4H4Cl2O2/c5-2-3(6)1-4(7)8/h2H,1H2,(H,7,8)/b3-2+. The van der Waals surface area contributed by atoms with Crippen molar-refractivity contribution in [1.29, 1.82) is 0 Å². The fraction of sp³-hybridized carbons (Fsp3) is 0.250. The fourth-order valence-electron chi connectivity index (χ4n) is 0.183. The topological polar surface area (TPSA) is 37.3 Å². The Hall–Kier alpha value is -0.210. The number of carbonyl (C=O) groups is 1. The number of halogens is 2. The van der Waals surface area contributed by atoms with Crippen LogP contribution >= 0.6 is 23.2 Å². The minimum Gasteiger partial charge on any atom is -0.481 e. The highest BCUT2D eigenvalue weighted by molar-refractivity contribution is 6.37. The summed E-state index contributed by atoms with van der Waals surface area (Å²) in [6, 6.07) is 0. The lowest BCUT2D eigenvalue weighted by Gasteiger charge is -1.86. The van der Waals surface area contributed by atoms with Gasteiger partial charge in [-0.15, -0.1) is 0 Å². The minimum absolute atomic E-state index is 0.138. The van der Waals surface area contributed by atoms with Gasteiger partial charge in [0.2, 0.25) is 0 Å². The van der Waals surface area contributed by atoms with Crippen molar-refractivity contribution in [2.45, 2.75) is 6.42 Å². The van der Waals surface area contributed by atoms with Crippen molar-refractivity contribution < 1.29 is 9.90 Å². The first-order chi connectivity index (χ1) is 3.66. The summed E-state index contributed by atoms with van der Waals surface area (Å²) >= 11 is 10.2. The van der Waals surface area contributed by atoms with E-state index in [0.29, 0.717) is 0 Å². The summed E-state index contributed by atoms with van der Waals surface area (Å²) in [4.78, 5) is 9.78. The van der Waals surface area contributed by atoms with Crippen LogP contribution in [0.4, 0.5) is 0 Å². The molecular weight excluding hydrogens is 151 g/mol. The van der Waals surface area contributed by atoms with Gasteiger partial charge in [-0.2, -0.15) is 0 Å². The van der Waals surface area contributed by atoms with Crippen molar-refractivity contribution in [1.82, 2.24) is 0 Å². The summed E-state index contributed by atoms with van der Waals surface area (Å²) in [6.45, 7) is 0. The molecule has 0 heterocycles. The molecule has 0 unspecified atom stereocenters. The van der Waals surface area contributed by atoms with E-state index in [-0.39, 0.29) is 11.5 Å². The average Bonchev–Trinajstić information content (AvgIpc) is 1.65. The molecule has 0 spiro atoms. The summed E-state index contributed by atoms with van der Waals surface area (Å²) < 4.78 is 0. The van der Waals surface area contributed by atoms with Gasteiger partial charge in [0.05, 0.1) is 6.42 Å². The molecule has 0 saturated heterocycles. The predicted molar refractivity (Wildman–Crippen MR) is 32.0 cm³/mol. The van der Waals surface area contributed by atoms with E-state index < -0.39 is 5.97 Å². The first-order valence-corrected chi connectivity index (χ1v) is 2.65. The molecule has 46 valence electrons. The molecule has 0 atom stereocenters. The van der Waals surface area contributed by atoms with Gasteiger partial charge in [0.15, 0.2) is 0 Å². The maximum atomic E-state index is 9.78. The number of hydrogen-bond acceptors (Lipinski definition) is 1. The molecule has 0 radical (unpaired) electrons. The molecule has 0 fully saturated rings. The van der Waals surface area contributed by atoms with E-state index in [1.54, 1.807) is 0 Å². The fourth-order valence-corrected chi connectivity index (χ4v) is 0.375. The maximum Gasteiger partial charge on any atom is 0.308 e. The van der Waals surface area contributed by atoms with Gasteiger partial charge in [0, 0.05) is 10.6 Å². The smallest absolute Gasteiger partial charge is 0.308 e. The number of aliphatic carboxylic acids is 1. The Labute approximate surface area is 56.7 Å². The normalized spacial score (nSPS) is 11.5. The van der Waals surface area contributed by atoms with Crippen molar-refractivity contribution in [3.05, 3.63) is 10.6 Å². The van der Waals surface area contributed by atoms with Crippen LogP contribution in [0.1, 0.15) is 6.42 Å². The SMILES string of the molecule is O=C(O)C/C(Cl)=C\Cl. The number of carboxylic acid groups (broad SMARTS) is 1. The van der Waals surface area contributed by atoms with Crippen LogP contribution in [0.5, 0.6) is 0 Å². The first kappa shape index (κ1) is 7.79. The van der Waals surface area contributed by atoms with E-state index in [9.17, 15) is 4.79 Å². The molecule has 1 N–H and O–H groups in total. The third kappa shape index (κ3) is 3.96. The molecule has 0 aliphatic rings. The second-order valence-corrected chi connectivity index (χ2v) is 1.83. The molecule has 0 rings (SSSR count). The van der Waals surface area contributed by atoms with Gasteiger partial charge in [-0.25, -0.2) is 0 Å². The molecule has 8 heavy (non-hydrogen) atoms. The molecule has 0 aliphatic heterocycles. The van der Waals surface area contributed by atoms with Crippen molar-refractivity contribution in [3.8, 4) is 0 Å². The number of hydrogen-bond donors (Lipinski definition) is 1. The molecule has 0 bridgehead atoms. The molecule has 0 aromatic rings. The highest BCUT2D eigenvalue weighted by Gasteiger charge is 1.97. The zero-order valence-electron chi connectivity index (χ0n) is 3.90. The van der Waals surface area contributed by atoms with E-state index in [4.69, 9.17) is 28.3 Å². The van der Waals surface area contributed by atoms with Crippen LogP contribution in [0.25, 0.3) is 0 Å². The highest BCUT2D eigenvalue weighted by atomic mass is 35.5. The summed E-state index contributed by atoms with van der Waals surface area (Å²) in [5, 5.41) is 8.17. The van der Waals surface area contributed by atoms with E-state index in [0.717, 1.165) is 5.54 Å². The van der Waals surface area contributed by atoms with E-state index in [2.05, 4.69) is 0 Å². The van der Waals surface area contributed by atoms with Crippen LogP contribution in [0, 0.1) is 0 Å². The monoisotopic (exact) mass is 154 g/mol. The summed E-state index contributed by atoms with van der Waals surface area (Å²) in [5.74, 6) is -0.980. The first-order valence-electron chi connectivity index (χ1n) is 1.83. The van der Waals surface area contributed by atoms with Crippen LogP contribution in [0.3, 0.4) is 0 Å².